The lowest BCUT2D eigenvalue weighted by atomic mass is 10.5. The highest BCUT2D eigenvalue weighted by atomic mass is 16.6. The van der Waals surface area contributed by atoms with Gasteiger partial charge in [0.05, 0.1) is 19.6 Å². The Morgan fingerprint density at radius 1 is 0.957 bits per heavy atom. The van der Waals surface area contributed by atoms with E-state index in [9.17, 15) is 19.2 Å². The molecule has 0 heterocycles. The Balaban J connectivity index is 4.24. The zero-order valence-corrected chi connectivity index (χ0v) is 12.5. The molecule has 0 aliphatic heterocycles. The molecule has 0 bridgehead atoms. The third kappa shape index (κ3) is 11.4. The van der Waals surface area contributed by atoms with Crippen LogP contribution in [0, 0.1) is 0 Å². The Morgan fingerprint density at radius 2 is 1.48 bits per heavy atom. The van der Waals surface area contributed by atoms with Crippen LogP contribution < -0.4 is 16.8 Å². The summed E-state index contributed by atoms with van der Waals surface area (Å²) in [6, 6.07) is -0.541. The molecule has 0 saturated heterocycles. The van der Waals surface area contributed by atoms with Gasteiger partial charge in [0, 0.05) is 6.08 Å². The fourth-order valence-corrected chi connectivity index (χ4v) is 1.31. The molecule has 0 saturated carbocycles. The lowest BCUT2D eigenvalue weighted by molar-refractivity contribution is -0.137. The quantitative estimate of drug-likeness (QED) is 0.198. The number of hydrogen-bond donors (Lipinski definition) is 3. The van der Waals surface area contributed by atoms with Crippen molar-refractivity contribution in [2.24, 2.45) is 11.5 Å². The van der Waals surface area contributed by atoms with Gasteiger partial charge in [-0.25, -0.2) is 19.2 Å². The number of nitrogens with two attached hydrogens (primary N) is 2. The topological polar surface area (TPSA) is 163 Å². The van der Waals surface area contributed by atoms with Gasteiger partial charge in [0.15, 0.2) is 0 Å². The maximum Gasteiger partial charge on any atom is 0.404 e. The smallest absolute Gasteiger partial charge is 0.404 e. The first-order valence-electron chi connectivity index (χ1n) is 6.53. The number of primary amides is 2. The number of nitrogens with zero attached hydrogens (tertiary/aromatic N) is 1. The van der Waals surface area contributed by atoms with Crippen LogP contribution in [0.2, 0.25) is 0 Å². The van der Waals surface area contributed by atoms with Gasteiger partial charge in [-0.1, -0.05) is 6.58 Å². The summed E-state index contributed by atoms with van der Waals surface area (Å²) in [6.07, 6.45) is -0.957. The molecule has 0 fully saturated rings. The second-order valence-electron chi connectivity index (χ2n) is 3.93. The number of rotatable bonds is 10. The van der Waals surface area contributed by atoms with Crippen LogP contribution in [0.5, 0.6) is 0 Å². The van der Waals surface area contributed by atoms with Crippen LogP contribution in [-0.4, -0.2) is 68.5 Å². The number of amides is 4. The van der Waals surface area contributed by atoms with Crippen LogP contribution in [0.1, 0.15) is 0 Å². The first kappa shape index (κ1) is 20.0. The van der Waals surface area contributed by atoms with E-state index in [1.165, 1.54) is 4.90 Å². The summed E-state index contributed by atoms with van der Waals surface area (Å²) in [5.41, 5.74) is 9.62. The average Bonchev–Trinajstić information content (AvgIpc) is 2.48. The molecule has 0 aromatic heterocycles. The van der Waals surface area contributed by atoms with E-state index in [-0.39, 0.29) is 39.5 Å². The summed E-state index contributed by atoms with van der Waals surface area (Å²) in [5.74, 6) is -0.610. The molecule has 0 radical (unpaired) electrons. The molecule has 0 aromatic carbocycles. The molecule has 0 aliphatic rings. The van der Waals surface area contributed by atoms with Gasteiger partial charge >= 0.3 is 24.2 Å². The number of hydrogen-bond acceptors (Lipinski definition) is 7. The fourth-order valence-electron chi connectivity index (χ4n) is 1.31. The molecule has 0 aromatic rings. The van der Waals surface area contributed by atoms with Crippen molar-refractivity contribution < 1.29 is 33.4 Å². The maximum atomic E-state index is 11.9. The summed E-state index contributed by atoms with van der Waals surface area (Å²) >= 11 is 0. The Kier molecular flexibility index (Phi) is 10.1. The number of carbonyl (C=O) groups is 4. The molecule has 23 heavy (non-hydrogen) atoms. The molecule has 4 amide bonds. The summed E-state index contributed by atoms with van der Waals surface area (Å²) in [6.45, 7) is 3.01. The van der Waals surface area contributed by atoms with Crippen LogP contribution in [0.25, 0.3) is 0 Å². The van der Waals surface area contributed by atoms with Crippen LogP contribution in [0.3, 0.4) is 0 Å². The zero-order valence-electron chi connectivity index (χ0n) is 12.5. The minimum Gasteiger partial charge on any atom is -0.461 e. The normalized spacial score (nSPS) is 9.39. The summed E-state index contributed by atoms with van der Waals surface area (Å²) in [5, 5.41) is 2.47. The lowest BCUT2D eigenvalue weighted by Crippen LogP contribution is -2.45. The SMILES string of the molecule is C=CC(=O)OCCNC(=O)N(CCOC(N)=O)CCOC(N)=O. The zero-order chi connectivity index (χ0) is 17.7. The molecule has 5 N–H and O–H groups in total. The summed E-state index contributed by atoms with van der Waals surface area (Å²) in [7, 11) is 0. The molecule has 0 unspecified atom stereocenters. The Hall–Kier alpha value is -2.98. The van der Waals surface area contributed by atoms with E-state index in [0.29, 0.717) is 0 Å². The maximum absolute atomic E-state index is 11.9. The van der Waals surface area contributed by atoms with Crippen molar-refractivity contribution in [2.75, 3.05) is 39.5 Å². The third-order valence-electron chi connectivity index (χ3n) is 2.29. The third-order valence-corrected chi connectivity index (χ3v) is 2.29. The van der Waals surface area contributed by atoms with Crippen molar-refractivity contribution >= 4 is 24.2 Å². The van der Waals surface area contributed by atoms with Crippen molar-refractivity contribution in [3.8, 4) is 0 Å². The van der Waals surface area contributed by atoms with Crippen molar-refractivity contribution in [1.82, 2.24) is 10.2 Å². The first-order chi connectivity index (χ1) is 10.9. The minimum absolute atomic E-state index is 0.0172. The molecule has 0 atom stereocenters. The van der Waals surface area contributed by atoms with Crippen molar-refractivity contribution in [3.05, 3.63) is 12.7 Å². The number of esters is 1. The van der Waals surface area contributed by atoms with E-state index in [2.05, 4.69) is 26.1 Å². The van der Waals surface area contributed by atoms with Crippen LogP contribution in [0.4, 0.5) is 14.4 Å². The molecule has 11 heteroatoms. The van der Waals surface area contributed by atoms with Gasteiger partial charge in [0.2, 0.25) is 0 Å². The van der Waals surface area contributed by atoms with Crippen molar-refractivity contribution in [2.45, 2.75) is 0 Å². The predicted octanol–water partition coefficient (Wildman–Crippen LogP) is -1.08. The number of nitrogens with one attached hydrogen (secondary N) is 1. The minimum atomic E-state index is -0.977. The Morgan fingerprint density at radius 3 is 1.91 bits per heavy atom. The standard InChI is InChI=1S/C12H20N4O7/c1-2-9(17)21-6-3-15-12(20)16(4-7-22-10(13)18)5-8-23-11(14)19/h2H,1,3-8H2,(H2,13,18)(H2,14,19)(H,15,20). The monoisotopic (exact) mass is 332 g/mol. The van der Waals surface area contributed by atoms with Gasteiger partial charge in [0.1, 0.15) is 19.8 Å². The number of urea groups is 1. The van der Waals surface area contributed by atoms with Gasteiger partial charge < -0.3 is 35.9 Å². The van der Waals surface area contributed by atoms with E-state index in [0.717, 1.165) is 6.08 Å². The number of carbonyl (C=O) groups excluding carboxylic acids is 4. The Bertz CT molecular complexity index is 421. The largest absolute Gasteiger partial charge is 0.461 e. The molecule has 0 rings (SSSR count). The van der Waals surface area contributed by atoms with Gasteiger partial charge in [-0.05, 0) is 0 Å². The lowest BCUT2D eigenvalue weighted by Gasteiger charge is -2.22. The highest BCUT2D eigenvalue weighted by Crippen LogP contribution is 1.92. The Labute approximate surface area is 132 Å². The van der Waals surface area contributed by atoms with E-state index >= 15 is 0 Å². The van der Waals surface area contributed by atoms with Crippen LogP contribution in [0.15, 0.2) is 12.7 Å². The average molecular weight is 332 g/mol. The van der Waals surface area contributed by atoms with E-state index in [4.69, 9.17) is 11.5 Å². The van der Waals surface area contributed by atoms with Gasteiger partial charge in [-0.3, -0.25) is 0 Å². The summed E-state index contributed by atoms with van der Waals surface area (Å²) < 4.78 is 13.7. The van der Waals surface area contributed by atoms with E-state index < -0.39 is 24.2 Å². The van der Waals surface area contributed by atoms with Crippen molar-refractivity contribution in [3.63, 3.8) is 0 Å². The van der Waals surface area contributed by atoms with Gasteiger partial charge in [0.25, 0.3) is 0 Å². The molecule has 11 nitrogen and oxygen atoms in total. The highest BCUT2D eigenvalue weighted by molar-refractivity contribution is 5.81. The highest BCUT2D eigenvalue weighted by Gasteiger charge is 2.14. The van der Waals surface area contributed by atoms with E-state index in [1.54, 1.807) is 0 Å². The first-order valence-corrected chi connectivity index (χ1v) is 6.53. The van der Waals surface area contributed by atoms with Crippen molar-refractivity contribution in [1.29, 1.82) is 0 Å². The molecular weight excluding hydrogens is 312 g/mol. The summed E-state index contributed by atoms with van der Waals surface area (Å²) in [4.78, 5) is 44.9. The second kappa shape index (κ2) is 11.7. The fraction of sp³-hybridized carbons (Fsp3) is 0.500. The van der Waals surface area contributed by atoms with Gasteiger partial charge in [-0.2, -0.15) is 0 Å². The van der Waals surface area contributed by atoms with Crippen LogP contribution in [-0.2, 0) is 19.0 Å². The predicted molar refractivity (Wildman–Crippen MR) is 77.2 cm³/mol. The van der Waals surface area contributed by atoms with Gasteiger partial charge in [-0.15, -0.1) is 0 Å². The molecule has 0 aliphatic carbocycles. The molecular formula is C12H20N4O7. The second-order valence-corrected chi connectivity index (χ2v) is 3.93. The molecule has 0 spiro atoms. The number of ether oxygens (including phenoxy) is 3. The molecule has 130 valence electrons. The van der Waals surface area contributed by atoms with Crippen LogP contribution >= 0.6 is 0 Å². The van der Waals surface area contributed by atoms with E-state index in [1.807, 2.05) is 0 Å².